The van der Waals surface area contributed by atoms with Crippen LogP contribution in [0, 0.1) is 12.8 Å². The minimum Gasteiger partial charge on any atom is -0.493 e. The molecule has 16 heavy (non-hydrogen) atoms. The molecule has 0 aliphatic carbocycles. The number of amidine groups is 1. The van der Waals surface area contributed by atoms with Gasteiger partial charge in [-0.1, -0.05) is 31.1 Å². The Balaban J connectivity index is 2.90. The van der Waals surface area contributed by atoms with Gasteiger partial charge in [0, 0.05) is 5.56 Å². The van der Waals surface area contributed by atoms with Crippen molar-refractivity contribution in [1.29, 1.82) is 0 Å². The first-order valence-corrected chi connectivity index (χ1v) is 5.26. The van der Waals surface area contributed by atoms with Gasteiger partial charge >= 0.3 is 0 Å². The van der Waals surface area contributed by atoms with Crippen LogP contribution in [-0.2, 0) is 0 Å². The summed E-state index contributed by atoms with van der Waals surface area (Å²) in [5.74, 6) is 1.33. The predicted molar refractivity (Wildman–Crippen MR) is 64.0 cm³/mol. The molecule has 0 unspecified atom stereocenters. The molecule has 0 atom stereocenters. The topological polar surface area (TPSA) is 67.8 Å². The third-order valence-corrected chi connectivity index (χ3v) is 2.16. The number of hydrogen-bond acceptors (Lipinski definition) is 3. The van der Waals surface area contributed by atoms with E-state index < -0.39 is 0 Å². The fourth-order valence-electron chi connectivity index (χ4n) is 1.23. The van der Waals surface area contributed by atoms with Crippen LogP contribution in [0.3, 0.4) is 0 Å². The average molecular weight is 222 g/mol. The Kier molecular flexibility index (Phi) is 4.17. The summed E-state index contributed by atoms with van der Waals surface area (Å²) in [5.41, 5.74) is 7.21. The van der Waals surface area contributed by atoms with Crippen LogP contribution in [0.5, 0.6) is 5.75 Å². The summed E-state index contributed by atoms with van der Waals surface area (Å²) < 4.78 is 5.64. The molecule has 0 aliphatic rings. The van der Waals surface area contributed by atoms with E-state index in [9.17, 15) is 0 Å². The number of nitrogens with two attached hydrogens (primary N) is 1. The summed E-state index contributed by atoms with van der Waals surface area (Å²) in [6.45, 7) is 6.79. The van der Waals surface area contributed by atoms with E-state index in [1.807, 2.05) is 13.0 Å². The lowest BCUT2D eigenvalue weighted by Gasteiger charge is -2.12. The zero-order valence-electron chi connectivity index (χ0n) is 9.90. The molecule has 0 aromatic heterocycles. The van der Waals surface area contributed by atoms with Gasteiger partial charge < -0.3 is 15.7 Å². The molecule has 0 spiro atoms. The molecular weight excluding hydrogens is 204 g/mol. The molecule has 4 heteroatoms. The molecular formula is C12H18N2O2. The van der Waals surface area contributed by atoms with Crippen LogP contribution in [0.2, 0.25) is 0 Å². The van der Waals surface area contributed by atoms with Crippen LogP contribution in [0.1, 0.15) is 25.0 Å². The Bertz CT molecular complexity index is 387. The Morgan fingerprint density at radius 2 is 2.19 bits per heavy atom. The molecule has 0 heterocycles. The highest BCUT2D eigenvalue weighted by molar-refractivity contribution is 5.97. The van der Waals surface area contributed by atoms with Gasteiger partial charge in [-0.25, -0.2) is 0 Å². The lowest BCUT2D eigenvalue weighted by atomic mass is 10.1. The lowest BCUT2D eigenvalue weighted by molar-refractivity contribution is 0.269. The maximum atomic E-state index is 8.59. The van der Waals surface area contributed by atoms with Gasteiger partial charge in [-0.2, -0.15) is 0 Å². The third kappa shape index (κ3) is 3.15. The van der Waals surface area contributed by atoms with Crippen molar-refractivity contribution in [2.75, 3.05) is 6.61 Å². The SMILES string of the molecule is Cc1ccc(/C(N)=N/O)cc1OCC(C)C. The van der Waals surface area contributed by atoms with Crippen LogP contribution in [-0.4, -0.2) is 17.6 Å². The van der Waals surface area contributed by atoms with Crippen molar-refractivity contribution in [1.82, 2.24) is 0 Å². The number of hydrogen-bond donors (Lipinski definition) is 2. The van der Waals surface area contributed by atoms with Gasteiger partial charge in [0.1, 0.15) is 5.75 Å². The Hall–Kier alpha value is -1.71. The summed E-state index contributed by atoms with van der Waals surface area (Å²) in [6.07, 6.45) is 0. The van der Waals surface area contributed by atoms with Gasteiger partial charge in [0.15, 0.2) is 5.84 Å². The smallest absolute Gasteiger partial charge is 0.170 e. The Morgan fingerprint density at radius 3 is 2.75 bits per heavy atom. The number of rotatable bonds is 4. The first-order valence-electron chi connectivity index (χ1n) is 5.26. The number of oxime groups is 1. The average Bonchev–Trinajstić information content (AvgIpc) is 2.26. The monoisotopic (exact) mass is 222 g/mol. The van der Waals surface area contributed by atoms with Crippen LogP contribution in [0.15, 0.2) is 23.4 Å². The molecule has 88 valence electrons. The van der Waals surface area contributed by atoms with E-state index in [2.05, 4.69) is 19.0 Å². The first-order chi connectivity index (χ1) is 7.54. The molecule has 0 aliphatic heterocycles. The molecule has 1 aromatic carbocycles. The van der Waals surface area contributed by atoms with Gasteiger partial charge in [0.05, 0.1) is 6.61 Å². The quantitative estimate of drug-likeness (QED) is 0.355. The van der Waals surface area contributed by atoms with E-state index in [0.717, 1.165) is 11.3 Å². The second kappa shape index (κ2) is 5.39. The van der Waals surface area contributed by atoms with Crippen molar-refractivity contribution >= 4 is 5.84 Å². The van der Waals surface area contributed by atoms with Gasteiger partial charge in [0.2, 0.25) is 0 Å². The number of nitrogens with zero attached hydrogens (tertiary/aromatic N) is 1. The summed E-state index contributed by atoms with van der Waals surface area (Å²) in [7, 11) is 0. The van der Waals surface area contributed by atoms with Gasteiger partial charge in [-0.05, 0) is 24.5 Å². The normalized spacial score (nSPS) is 11.9. The summed E-state index contributed by atoms with van der Waals surface area (Å²) >= 11 is 0. The maximum Gasteiger partial charge on any atom is 0.170 e. The largest absolute Gasteiger partial charge is 0.493 e. The minimum atomic E-state index is 0.0920. The molecule has 1 rings (SSSR count). The van der Waals surface area contributed by atoms with E-state index >= 15 is 0 Å². The first kappa shape index (κ1) is 12.4. The van der Waals surface area contributed by atoms with Crippen LogP contribution >= 0.6 is 0 Å². The highest BCUT2D eigenvalue weighted by Gasteiger charge is 2.05. The van der Waals surface area contributed by atoms with Crippen molar-refractivity contribution < 1.29 is 9.94 Å². The fourth-order valence-corrected chi connectivity index (χ4v) is 1.23. The van der Waals surface area contributed by atoms with Crippen molar-refractivity contribution in [2.45, 2.75) is 20.8 Å². The van der Waals surface area contributed by atoms with Gasteiger partial charge in [-0.15, -0.1) is 0 Å². The molecule has 4 nitrogen and oxygen atoms in total. The van der Waals surface area contributed by atoms with Gasteiger partial charge in [0.25, 0.3) is 0 Å². The van der Waals surface area contributed by atoms with Crippen molar-refractivity contribution in [3.8, 4) is 5.75 Å². The second-order valence-corrected chi connectivity index (χ2v) is 4.17. The second-order valence-electron chi connectivity index (χ2n) is 4.17. The van der Waals surface area contributed by atoms with E-state index in [0.29, 0.717) is 18.1 Å². The third-order valence-electron chi connectivity index (χ3n) is 2.16. The molecule has 0 saturated carbocycles. The zero-order chi connectivity index (χ0) is 12.1. The summed E-state index contributed by atoms with van der Waals surface area (Å²) in [4.78, 5) is 0. The molecule has 3 N–H and O–H groups in total. The fraction of sp³-hybridized carbons (Fsp3) is 0.417. The van der Waals surface area contributed by atoms with Gasteiger partial charge in [-0.3, -0.25) is 0 Å². The molecule has 0 bridgehead atoms. The maximum absolute atomic E-state index is 8.59. The Morgan fingerprint density at radius 1 is 1.50 bits per heavy atom. The van der Waals surface area contributed by atoms with Crippen molar-refractivity contribution in [3.63, 3.8) is 0 Å². The molecule has 0 fully saturated rings. The van der Waals surface area contributed by atoms with Crippen molar-refractivity contribution in [2.24, 2.45) is 16.8 Å². The molecule has 0 radical (unpaired) electrons. The number of benzene rings is 1. The summed E-state index contributed by atoms with van der Waals surface area (Å²) in [5, 5.41) is 11.6. The van der Waals surface area contributed by atoms with Crippen LogP contribution < -0.4 is 10.5 Å². The number of ether oxygens (including phenoxy) is 1. The highest BCUT2D eigenvalue weighted by atomic mass is 16.5. The van der Waals surface area contributed by atoms with Crippen LogP contribution in [0.4, 0.5) is 0 Å². The predicted octanol–water partition coefficient (Wildman–Crippen LogP) is 2.12. The highest BCUT2D eigenvalue weighted by Crippen LogP contribution is 2.20. The number of aryl methyl sites for hydroxylation is 1. The summed E-state index contributed by atoms with van der Waals surface area (Å²) in [6, 6.07) is 5.47. The van der Waals surface area contributed by atoms with E-state index in [1.165, 1.54) is 0 Å². The molecule has 0 amide bonds. The van der Waals surface area contributed by atoms with Crippen LogP contribution in [0.25, 0.3) is 0 Å². The standard InChI is InChI=1S/C12H18N2O2/c1-8(2)7-16-11-6-10(12(13)14-15)5-4-9(11)3/h4-6,8,15H,7H2,1-3H3,(H2,13,14). The lowest BCUT2D eigenvalue weighted by Crippen LogP contribution is -2.13. The molecule has 0 saturated heterocycles. The minimum absolute atomic E-state index is 0.0920. The molecule has 1 aromatic rings. The van der Waals surface area contributed by atoms with E-state index in [-0.39, 0.29) is 5.84 Å². The zero-order valence-corrected chi connectivity index (χ0v) is 9.90. The Labute approximate surface area is 95.7 Å². The van der Waals surface area contributed by atoms with Crippen molar-refractivity contribution in [3.05, 3.63) is 29.3 Å². The van der Waals surface area contributed by atoms with E-state index in [4.69, 9.17) is 15.7 Å². The van der Waals surface area contributed by atoms with E-state index in [1.54, 1.807) is 12.1 Å².